The molecule has 2 aromatic carbocycles. The molecule has 0 atom stereocenters. The number of rotatable bonds is 4. The highest BCUT2D eigenvalue weighted by molar-refractivity contribution is 5.84. The molecule has 0 saturated carbocycles. The van der Waals surface area contributed by atoms with Crippen LogP contribution in [0.3, 0.4) is 0 Å². The van der Waals surface area contributed by atoms with Crippen LogP contribution in [0.4, 0.5) is 0 Å². The minimum Gasteiger partial charge on any atom is -0.497 e. The van der Waals surface area contributed by atoms with Crippen molar-refractivity contribution in [3.05, 3.63) is 84.0 Å². The molecule has 0 aliphatic carbocycles. The summed E-state index contributed by atoms with van der Waals surface area (Å²) >= 11 is 0. The predicted molar refractivity (Wildman–Crippen MR) is 95.4 cm³/mol. The third-order valence-corrected chi connectivity index (χ3v) is 3.21. The van der Waals surface area contributed by atoms with E-state index in [-0.39, 0.29) is 0 Å². The maximum Gasteiger partial charge on any atom is 0.330 e. The summed E-state index contributed by atoms with van der Waals surface area (Å²) in [4.78, 5) is 11.2. The summed E-state index contributed by atoms with van der Waals surface area (Å²) in [5.74, 6) is 6.66. The monoisotopic (exact) mass is 318 g/mol. The zero-order valence-corrected chi connectivity index (χ0v) is 13.7. The Hall–Kier alpha value is -3.25. The van der Waals surface area contributed by atoms with E-state index in [1.54, 1.807) is 19.3 Å². The van der Waals surface area contributed by atoms with Crippen LogP contribution >= 0.6 is 0 Å². The van der Waals surface area contributed by atoms with E-state index in [2.05, 4.69) is 16.6 Å². The van der Waals surface area contributed by atoms with Gasteiger partial charge in [0.05, 0.1) is 14.2 Å². The zero-order valence-electron chi connectivity index (χ0n) is 13.7. The second-order valence-electron chi connectivity index (χ2n) is 4.81. The number of esters is 1. The van der Waals surface area contributed by atoms with E-state index in [9.17, 15) is 4.79 Å². The Morgan fingerprint density at radius 2 is 1.71 bits per heavy atom. The van der Waals surface area contributed by atoms with Crippen LogP contribution in [0.15, 0.2) is 72.8 Å². The number of benzene rings is 2. The molecular formula is C21H18O3. The molecule has 0 spiro atoms. The summed E-state index contributed by atoms with van der Waals surface area (Å²) in [5.41, 5.74) is 2.68. The fourth-order valence-corrected chi connectivity index (χ4v) is 1.93. The molecular weight excluding hydrogens is 300 g/mol. The van der Waals surface area contributed by atoms with Crippen LogP contribution in [0.25, 0.3) is 5.57 Å². The minimum atomic E-state index is -0.401. The Balaban J connectivity index is 2.29. The van der Waals surface area contributed by atoms with Crippen molar-refractivity contribution >= 4 is 11.5 Å². The molecule has 0 fully saturated rings. The van der Waals surface area contributed by atoms with Crippen molar-refractivity contribution in [3.63, 3.8) is 0 Å². The zero-order chi connectivity index (χ0) is 17.2. The third-order valence-electron chi connectivity index (χ3n) is 3.21. The number of hydrogen-bond donors (Lipinski definition) is 0. The molecule has 24 heavy (non-hydrogen) atoms. The van der Waals surface area contributed by atoms with Crippen molar-refractivity contribution in [2.75, 3.05) is 14.2 Å². The first-order valence-electron chi connectivity index (χ1n) is 7.40. The number of carbonyl (C=O) groups excluding carboxylic acids is 1. The van der Waals surface area contributed by atoms with Crippen LogP contribution in [-0.4, -0.2) is 20.2 Å². The largest absolute Gasteiger partial charge is 0.497 e. The highest BCUT2D eigenvalue weighted by Crippen LogP contribution is 2.14. The molecule has 0 saturated heterocycles. The van der Waals surface area contributed by atoms with E-state index in [1.165, 1.54) is 13.2 Å². The summed E-state index contributed by atoms with van der Waals surface area (Å²) in [6, 6.07) is 17.3. The summed E-state index contributed by atoms with van der Waals surface area (Å²) in [6.07, 6.45) is 4.79. The van der Waals surface area contributed by atoms with Gasteiger partial charge in [-0.2, -0.15) is 0 Å². The average Bonchev–Trinajstić information content (AvgIpc) is 2.65. The predicted octanol–water partition coefficient (Wildman–Crippen LogP) is 3.86. The maximum atomic E-state index is 11.2. The van der Waals surface area contributed by atoms with Gasteiger partial charge in [-0.25, -0.2) is 4.79 Å². The number of allylic oxidation sites excluding steroid dienone is 3. The lowest BCUT2D eigenvalue weighted by atomic mass is 10.1. The molecule has 0 radical (unpaired) electrons. The van der Waals surface area contributed by atoms with E-state index in [0.717, 1.165) is 22.4 Å². The number of methoxy groups -OCH3 is 2. The van der Waals surface area contributed by atoms with Crippen molar-refractivity contribution in [1.29, 1.82) is 0 Å². The van der Waals surface area contributed by atoms with Crippen molar-refractivity contribution in [3.8, 4) is 17.6 Å². The van der Waals surface area contributed by atoms with Gasteiger partial charge in [0.1, 0.15) is 5.75 Å². The smallest absolute Gasteiger partial charge is 0.330 e. The number of carbonyl (C=O) groups is 1. The first-order valence-corrected chi connectivity index (χ1v) is 7.40. The topological polar surface area (TPSA) is 35.5 Å². The van der Waals surface area contributed by atoms with Gasteiger partial charge in [-0.15, -0.1) is 0 Å². The van der Waals surface area contributed by atoms with Gasteiger partial charge in [0.25, 0.3) is 0 Å². The van der Waals surface area contributed by atoms with Gasteiger partial charge in [-0.05, 0) is 35.9 Å². The van der Waals surface area contributed by atoms with Gasteiger partial charge in [-0.1, -0.05) is 48.2 Å². The lowest BCUT2D eigenvalue weighted by molar-refractivity contribution is -0.134. The third kappa shape index (κ3) is 5.19. The lowest BCUT2D eigenvalue weighted by Crippen LogP contribution is -1.92. The van der Waals surface area contributed by atoms with Crippen LogP contribution in [0.5, 0.6) is 5.75 Å². The molecule has 3 heteroatoms. The molecule has 2 aromatic rings. The van der Waals surface area contributed by atoms with Gasteiger partial charge in [0, 0.05) is 17.2 Å². The normalized spacial score (nSPS) is 10.8. The number of hydrogen-bond acceptors (Lipinski definition) is 3. The molecule has 2 rings (SSSR count). The molecule has 0 aromatic heterocycles. The maximum absolute atomic E-state index is 11.2. The molecule has 0 heterocycles. The number of ether oxygens (including phenoxy) is 2. The first kappa shape index (κ1) is 17.1. The highest BCUT2D eigenvalue weighted by Gasteiger charge is 1.97. The Morgan fingerprint density at radius 1 is 1.00 bits per heavy atom. The minimum absolute atomic E-state index is 0.401. The molecule has 0 N–H and O–H groups in total. The second-order valence-corrected chi connectivity index (χ2v) is 4.81. The fraction of sp³-hybridized carbons (Fsp3) is 0.0952. The summed E-state index contributed by atoms with van der Waals surface area (Å²) < 4.78 is 9.72. The SMILES string of the molecule is COC(=O)/C=C\C=C(/C#Cc1ccc(OC)cc1)c1ccccc1. The molecule has 3 nitrogen and oxygen atoms in total. The molecule has 0 amide bonds. The lowest BCUT2D eigenvalue weighted by Gasteiger charge is -2.00. The van der Waals surface area contributed by atoms with Crippen molar-refractivity contribution in [1.82, 2.24) is 0 Å². The molecule has 120 valence electrons. The van der Waals surface area contributed by atoms with Gasteiger partial charge >= 0.3 is 5.97 Å². The standard InChI is InChI=1S/C21H18O3/c1-23-20-15-12-17(13-16-20)11-14-19(9-6-10-21(22)24-2)18-7-4-3-5-8-18/h3-10,12-13,15-16H,1-2H3/b10-6-,19-9+. The molecule has 0 aliphatic heterocycles. The van der Waals surface area contributed by atoms with Crippen LogP contribution in [0, 0.1) is 11.8 Å². The van der Waals surface area contributed by atoms with Crippen LogP contribution in [-0.2, 0) is 9.53 Å². The molecule has 0 unspecified atom stereocenters. The Kier molecular flexibility index (Phi) is 6.43. The van der Waals surface area contributed by atoms with Crippen molar-refractivity contribution < 1.29 is 14.3 Å². The van der Waals surface area contributed by atoms with Crippen LogP contribution < -0.4 is 4.74 Å². The van der Waals surface area contributed by atoms with E-state index < -0.39 is 5.97 Å². The van der Waals surface area contributed by atoms with Gasteiger partial charge in [-0.3, -0.25) is 0 Å². The first-order chi connectivity index (χ1) is 11.7. The summed E-state index contributed by atoms with van der Waals surface area (Å²) in [7, 11) is 2.97. The quantitative estimate of drug-likeness (QED) is 0.372. The Morgan fingerprint density at radius 3 is 2.33 bits per heavy atom. The summed E-state index contributed by atoms with van der Waals surface area (Å²) in [6.45, 7) is 0. The van der Waals surface area contributed by atoms with Crippen molar-refractivity contribution in [2.45, 2.75) is 0 Å². The second kappa shape index (κ2) is 9.02. The Bertz CT molecular complexity index is 788. The van der Waals surface area contributed by atoms with E-state index in [1.807, 2.05) is 54.6 Å². The van der Waals surface area contributed by atoms with Gasteiger partial charge < -0.3 is 9.47 Å². The van der Waals surface area contributed by atoms with Crippen LogP contribution in [0.2, 0.25) is 0 Å². The average molecular weight is 318 g/mol. The summed E-state index contributed by atoms with van der Waals surface area (Å²) in [5, 5.41) is 0. The van der Waals surface area contributed by atoms with Gasteiger partial charge in [0.15, 0.2) is 0 Å². The van der Waals surface area contributed by atoms with E-state index in [4.69, 9.17) is 4.74 Å². The molecule has 0 aliphatic rings. The van der Waals surface area contributed by atoms with Crippen LogP contribution in [0.1, 0.15) is 11.1 Å². The molecule has 0 bridgehead atoms. The van der Waals surface area contributed by atoms with E-state index >= 15 is 0 Å². The van der Waals surface area contributed by atoms with E-state index in [0.29, 0.717) is 0 Å². The van der Waals surface area contributed by atoms with Gasteiger partial charge in [0.2, 0.25) is 0 Å². The fourth-order valence-electron chi connectivity index (χ4n) is 1.93. The highest BCUT2D eigenvalue weighted by atomic mass is 16.5. The Labute approximate surface area is 142 Å². The van der Waals surface area contributed by atoms with Crippen molar-refractivity contribution in [2.24, 2.45) is 0 Å².